The lowest BCUT2D eigenvalue weighted by Crippen LogP contribution is -2.41. The van der Waals surface area contributed by atoms with Crippen LogP contribution in [-0.2, 0) is 20.9 Å². The van der Waals surface area contributed by atoms with Crippen LogP contribution in [0.25, 0.3) is 0 Å². The highest BCUT2D eigenvalue weighted by molar-refractivity contribution is 5.95. The van der Waals surface area contributed by atoms with Gasteiger partial charge in [0.25, 0.3) is 5.91 Å². The van der Waals surface area contributed by atoms with Crippen LogP contribution >= 0.6 is 0 Å². The quantitative estimate of drug-likeness (QED) is 0.324. The maximum absolute atomic E-state index is 12.3. The normalized spacial score (nSPS) is 11.1. The number of imide groups is 1. The SMILES string of the molecule is NC(=O)N[C@@H](CC(=O)OCC(=O)NC(=O)NCc1ccco1)c1cccc(Oc2ccccc2)c1. The molecular weight excluding hydrogens is 456 g/mol. The molecular formula is C24H24N4O7. The van der Waals surface area contributed by atoms with E-state index in [4.69, 9.17) is 19.6 Å². The zero-order valence-electron chi connectivity index (χ0n) is 18.6. The van der Waals surface area contributed by atoms with Gasteiger partial charge < -0.3 is 30.3 Å². The summed E-state index contributed by atoms with van der Waals surface area (Å²) in [6, 6.07) is 16.7. The van der Waals surface area contributed by atoms with Crippen LogP contribution < -0.4 is 26.4 Å². The van der Waals surface area contributed by atoms with E-state index in [1.807, 2.05) is 23.5 Å². The molecule has 11 nitrogen and oxygen atoms in total. The molecule has 5 amide bonds. The van der Waals surface area contributed by atoms with E-state index in [-0.39, 0.29) is 13.0 Å². The maximum atomic E-state index is 12.3. The Balaban J connectivity index is 1.52. The molecule has 2 aromatic carbocycles. The molecule has 0 radical (unpaired) electrons. The first kappa shape index (κ1) is 24.8. The van der Waals surface area contributed by atoms with Crippen molar-refractivity contribution in [3.8, 4) is 11.5 Å². The van der Waals surface area contributed by atoms with Gasteiger partial charge in [0.1, 0.15) is 17.3 Å². The first-order valence-corrected chi connectivity index (χ1v) is 10.5. The summed E-state index contributed by atoms with van der Waals surface area (Å²) in [7, 11) is 0. The molecule has 35 heavy (non-hydrogen) atoms. The molecule has 0 unspecified atom stereocenters. The number of para-hydroxylation sites is 1. The second kappa shape index (κ2) is 12.4. The van der Waals surface area contributed by atoms with Crippen LogP contribution in [0.5, 0.6) is 11.5 Å². The van der Waals surface area contributed by atoms with Crippen molar-refractivity contribution in [1.82, 2.24) is 16.0 Å². The van der Waals surface area contributed by atoms with Gasteiger partial charge in [-0.3, -0.25) is 14.9 Å². The Labute approximate surface area is 200 Å². The van der Waals surface area contributed by atoms with Crippen LogP contribution in [0.15, 0.2) is 77.4 Å². The highest BCUT2D eigenvalue weighted by Crippen LogP contribution is 2.26. The highest BCUT2D eigenvalue weighted by Gasteiger charge is 2.20. The van der Waals surface area contributed by atoms with E-state index in [0.717, 1.165) is 0 Å². The Bertz CT molecular complexity index is 1150. The number of hydrogen-bond acceptors (Lipinski definition) is 7. The minimum absolute atomic E-state index is 0.0828. The number of hydrogen-bond donors (Lipinski definition) is 4. The van der Waals surface area contributed by atoms with Crippen LogP contribution in [0.3, 0.4) is 0 Å². The largest absolute Gasteiger partial charge is 0.467 e. The lowest BCUT2D eigenvalue weighted by Gasteiger charge is -2.18. The molecule has 0 aliphatic rings. The van der Waals surface area contributed by atoms with E-state index in [1.165, 1.54) is 6.26 Å². The van der Waals surface area contributed by atoms with Crippen molar-refractivity contribution in [3.63, 3.8) is 0 Å². The summed E-state index contributed by atoms with van der Waals surface area (Å²) < 4.78 is 15.8. The van der Waals surface area contributed by atoms with Gasteiger partial charge in [0.05, 0.1) is 25.3 Å². The van der Waals surface area contributed by atoms with Crippen molar-refractivity contribution in [3.05, 3.63) is 84.3 Å². The maximum Gasteiger partial charge on any atom is 0.321 e. The number of nitrogens with two attached hydrogens (primary N) is 1. The summed E-state index contributed by atoms with van der Waals surface area (Å²) in [6.07, 6.45) is 1.14. The third-order valence-corrected chi connectivity index (χ3v) is 4.55. The van der Waals surface area contributed by atoms with Crippen LogP contribution in [0.1, 0.15) is 23.8 Å². The van der Waals surface area contributed by atoms with E-state index in [0.29, 0.717) is 22.8 Å². The van der Waals surface area contributed by atoms with E-state index in [2.05, 4.69) is 10.6 Å². The molecule has 11 heteroatoms. The molecule has 1 atom stereocenters. The molecule has 1 heterocycles. The summed E-state index contributed by atoms with van der Waals surface area (Å²) >= 11 is 0. The third kappa shape index (κ3) is 8.57. The first-order valence-electron chi connectivity index (χ1n) is 10.5. The Hall–Kier alpha value is -4.80. The third-order valence-electron chi connectivity index (χ3n) is 4.55. The molecule has 5 N–H and O–H groups in total. The van der Waals surface area contributed by atoms with Gasteiger partial charge in [0, 0.05) is 0 Å². The number of urea groups is 2. The lowest BCUT2D eigenvalue weighted by molar-refractivity contribution is -0.148. The van der Waals surface area contributed by atoms with Gasteiger partial charge in [-0.1, -0.05) is 30.3 Å². The zero-order valence-corrected chi connectivity index (χ0v) is 18.6. The predicted octanol–water partition coefficient (Wildman–Crippen LogP) is 2.74. The fourth-order valence-corrected chi connectivity index (χ4v) is 3.00. The first-order chi connectivity index (χ1) is 16.9. The second-order valence-electron chi connectivity index (χ2n) is 7.22. The molecule has 0 fully saturated rings. The Morgan fingerprint density at radius 3 is 2.43 bits per heavy atom. The summed E-state index contributed by atoms with van der Waals surface area (Å²) in [5, 5.41) is 6.93. The molecule has 0 saturated heterocycles. The van der Waals surface area contributed by atoms with Crippen molar-refractivity contribution in [2.45, 2.75) is 19.0 Å². The van der Waals surface area contributed by atoms with Crippen LogP contribution in [0, 0.1) is 0 Å². The molecule has 0 aliphatic carbocycles. The molecule has 0 saturated carbocycles. The Kier molecular flexibility index (Phi) is 8.83. The molecule has 0 aliphatic heterocycles. The Morgan fingerprint density at radius 1 is 0.943 bits per heavy atom. The number of primary amides is 1. The van der Waals surface area contributed by atoms with Gasteiger partial charge in [0.2, 0.25) is 0 Å². The van der Waals surface area contributed by atoms with Crippen LogP contribution in [-0.4, -0.2) is 30.5 Å². The molecule has 0 spiro atoms. The van der Waals surface area contributed by atoms with Crippen molar-refractivity contribution >= 4 is 23.9 Å². The van der Waals surface area contributed by atoms with Gasteiger partial charge in [-0.05, 0) is 42.0 Å². The van der Waals surface area contributed by atoms with Crippen molar-refractivity contribution in [2.24, 2.45) is 5.73 Å². The number of furan rings is 1. The number of amides is 5. The number of esters is 1. The van der Waals surface area contributed by atoms with E-state index >= 15 is 0 Å². The zero-order chi connectivity index (χ0) is 25.0. The summed E-state index contributed by atoms with van der Waals surface area (Å²) in [5.74, 6) is -0.0107. The fraction of sp³-hybridized carbons (Fsp3) is 0.167. The van der Waals surface area contributed by atoms with Gasteiger partial charge in [-0.25, -0.2) is 9.59 Å². The molecule has 3 rings (SSSR count). The van der Waals surface area contributed by atoms with Crippen LogP contribution in [0.4, 0.5) is 9.59 Å². The number of nitrogens with one attached hydrogen (secondary N) is 3. The van der Waals surface area contributed by atoms with E-state index in [9.17, 15) is 19.2 Å². The second-order valence-corrected chi connectivity index (χ2v) is 7.22. The molecule has 3 aromatic rings. The van der Waals surface area contributed by atoms with Crippen molar-refractivity contribution in [2.75, 3.05) is 6.61 Å². The molecule has 1 aromatic heterocycles. The highest BCUT2D eigenvalue weighted by atomic mass is 16.5. The molecule has 182 valence electrons. The van der Waals surface area contributed by atoms with E-state index < -0.39 is 36.6 Å². The predicted molar refractivity (Wildman–Crippen MR) is 123 cm³/mol. The van der Waals surface area contributed by atoms with Crippen molar-refractivity contribution in [1.29, 1.82) is 0 Å². The standard InChI is InChI=1S/C24H24N4O7/c25-23(31)27-20(16-6-4-9-18(12-16)35-17-7-2-1-3-8-17)13-22(30)34-15-21(29)28-24(32)26-14-19-10-5-11-33-19/h1-12,20H,13-15H2,(H3,25,27,31)(H2,26,28,29,32)/t20-/m0/s1. The van der Waals surface area contributed by atoms with E-state index in [1.54, 1.807) is 48.5 Å². The lowest BCUT2D eigenvalue weighted by atomic mass is 10.0. The van der Waals surface area contributed by atoms with Gasteiger partial charge in [-0.2, -0.15) is 0 Å². The number of carbonyl (C=O) groups excluding carboxylic acids is 4. The van der Waals surface area contributed by atoms with Gasteiger partial charge >= 0.3 is 18.0 Å². The smallest absolute Gasteiger partial charge is 0.321 e. The number of carbonyl (C=O) groups is 4. The van der Waals surface area contributed by atoms with Gasteiger partial charge in [0.15, 0.2) is 6.61 Å². The van der Waals surface area contributed by atoms with Gasteiger partial charge in [-0.15, -0.1) is 0 Å². The molecule has 0 bridgehead atoms. The minimum atomic E-state index is -0.844. The van der Waals surface area contributed by atoms with Crippen molar-refractivity contribution < 1.29 is 33.1 Å². The summed E-state index contributed by atoms with van der Waals surface area (Å²) in [6.45, 7) is -0.604. The Morgan fingerprint density at radius 2 is 1.71 bits per heavy atom. The fourth-order valence-electron chi connectivity index (χ4n) is 3.00. The average molecular weight is 480 g/mol. The number of rotatable bonds is 10. The van der Waals surface area contributed by atoms with Crippen LogP contribution in [0.2, 0.25) is 0 Å². The summed E-state index contributed by atoms with van der Waals surface area (Å²) in [5.41, 5.74) is 5.80. The monoisotopic (exact) mass is 480 g/mol. The number of benzene rings is 2. The average Bonchev–Trinajstić information content (AvgIpc) is 3.35. The number of ether oxygens (including phenoxy) is 2. The minimum Gasteiger partial charge on any atom is -0.467 e. The topological polar surface area (TPSA) is 162 Å². The summed E-state index contributed by atoms with van der Waals surface area (Å²) in [4.78, 5) is 47.4.